The summed E-state index contributed by atoms with van der Waals surface area (Å²) < 4.78 is 23.3. The maximum atomic E-state index is 11.7. The van der Waals surface area contributed by atoms with E-state index in [4.69, 9.17) is 5.73 Å². The van der Waals surface area contributed by atoms with Crippen molar-refractivity contribution in [1.82, 2.24) is 9.80 Å². The van der Waals surface area contributed by atoms with Gasteiger partial charge in [0.25, 0.3) is 0 Å². The largest absolute Gasteiger partial charge is 0.329 e. The van der Waals surface area contributed by atoms with Crippen molar-refractivity contribution in [3.8, 4) is 0 Å². The second-order valence-electron chi connectivity index (χ2n) is 6.33. The van der Waals surface area contributed by atoms with Gasteiger partial charge in [-0.3, -0.25) is 4.90 Å². The molecule has 2 N–H and O–H groups in total. The Hall–Kier alpha value is -0.170. The van der Waals surface area contributed by atoms with Crippen molar-refractivity contribution >= 4 is 9.84 Å². The van der Waals surface area contributed by atoms with Crippen molar-refractivity contribution in [2.45, 2.75) is 37.3 Å². The van der Waals surface area contributed by atoms with E-state index in [1.54, 1.807) is 0 Å². The van der Waals surface area contributed by atoms with Gasteiger partial charge in [0.1, 0.15) is 9.84 Å². The van der Waals surface area contributed by atoms with E-state index in [0.29, 0.717) is 36.9 Å². The maximum absolute atomic E-state index is 11.7. The van der Waals surface area contributed by atoms with E-state index in [9.17, 15) is 8.42 Å². The number of hydrogen-bond acceptors (Lipinski definition) is 5. The first-order valence-electron chi connectivity index (χ1n) is 7.20. The van der Waals surface area contributed by atoms with E-state index in [1.165, 1.54) is 12.8 Å². The van der Waals surface area contributed by atoms with Crippen molar-refractivity contribution in [2.75, 3.05) is 45.2 Å². The predicted molar refractivity (Wildman–Crippen MR) is 78.0 cm³/mol. The Labute approximate surface area is 117 Å². The van der Waals surface area contributed by atoms with Gasteiger partial charge in [-0.05, 0) is 46.3 Å². The number of nitrogens with two attached hydrogens (primary N) is 1. The average molecular weight is 289 g/mol. The van der Waals surface area contributed by atoms with E-state index in [-0.39, 0.29) is 5.54 Å². The quantitative estimate of drug-likeness (QED) is 0.784. The maximum Gasteiger partial charge on any atom is 0.150 e. The number of nitrogens with zero attached hydrogens (tertiary/aromatic N) is 2. The molecule has 0 saturated carbocycles. The van der Waals surface area contributed by atoms with Crippen molar-refractivity contribution in [3.05, 3.63) is 0 Å². The molecule has 0 aliphatic carbocycles. The van der Waals surface area contributed by atoms with Crippen LogP contribution in [0, 0.1) is 0 Å². The molecule has 0 aromatic rings. The Morgan fingerprint density at radius 3 is 2.47 bits per heavy atom. The van der Waals surface area contributed by atoms with Gasteiger partial charge in [-0.25, -0.2) is 8.42 Å². The molecule has 2 aliphatic heterocycles. The highest BCUT2D eigenvalue weighted by Crippen LogP contribution is 2.35. The summed E-state index contributed by atoms with van der Waals surface area (Å²) in [6.45, 7) is 2.68. The number of likely N-dealkylation sites (N-methyl/N-ethyl adjacent to an activating group) is 1. The zero-order valence-corrected chi connectivity index (χ0v) is 13.0. The second kappa shape index (κ2) is 5.68. The molecule has 2 saturated heterocycles. The van der Waals surface area contributed by atoms with Crippen molar-refractivity contribution in [3.63, 3.8) is 0 Å². The van der Waals surface area contributed by atoms with Crippen molar-refractivity contribution in [1.29, 1.82) is 0 Å². The molecule has 1 unspecified atom stereocenters. The van der Waals surface area contributed by atoms with Crippen LogP contribution in [0.3, 0.4) is 0 Å². The zero-order chi connectivity index (χ0) is 14.1. The van der Waals surface area contributed by atoms with Crippen LogP contribution in [-0.2, 0) is 9.84 Å². The van der Waals surface area contributed by atoms with Crippen LogP contribution in [0.2, 0.25) is 0 Å². The van der Waals surface area contributed by atoms with Gasteiger partial charge in [-0.15, -0.1) is 0 Å². The van der Waals surface area contributed by atoms with Crippen molar-refractivity contribution < 1.29 is 8.42 Å². The Morgan fingerprint density at radius 1 is 1.32 bits per heavy atom. The monoisotopic (exact) mass is 289 g/mol. The molecule has 2 aliphatic rings. The topological polar surface area (TPSA) is 66.6 Å². The molecule has 0 bridgehead atoms. The first-order valence-corrected chi connectivity index (χ1v) is 9.03. The van der Waals surface area contributed by atoms with E-state index in [2.05, 4.69) is 23.9 Å². The van der Waals surface area contributed by atoms with Gasteiger partial charge in [-0.1, -0.05) is 0 Å². The molecular weight excluding hydrogens is 262 g/mol. The van der Waals surface area contributed by atoms with E-state index in [0.717, 1.165) is 13.1 Å². The second-order valence-corrected chi connectivity index (χ2v) is 8.64. The van der Waals surface area contributed by atoms with Crippen LogP contribution in [0.1, 0.15) is 25.7 Å². The highest BCUT2D eigenvalue weighted by molar-refractivity contribution is 7.91. The summed E-state index contributed by atoms with van der Waals surface area (Å²) in [6.07, 6.45) is 3.81. The number of hydrogen-bond donors (Lipinski definition) is 1. The van der Waals surface area contributed by atoms with Crippen LogP contribution < -0.4 is 5.73 Å². The summed E-state index contributed by atoms with van der Waals surface area (Å²) in [4.78, 5) is 4.73. The highest BCUT2D eigenvalue weighted by Gasteiger charge is 2.45. The van der Waals surface area contributed by atoms with Crippen LogP contribution in [0.5, 0.6) is 0 Å². The first kappa shape index (κ1) is 15.2. The summed E-state index contributed by atoms with van der Waals surface area (Å²) in [6, 6.07) is 0.527. The van der Waals surface area contributed by atoms with Gasteiger partial charge in [0.05, 0.1) is 11.5 Å². The fourth-order valence-corrected chi connectivity index (χ4v) is 5.18. The Kier molecular flexibility index (Phi) is 4.55. The van der Waals surface area contributed by atoms with Crippen LogP contribution >= 0.6 is 0 Å². The van der Waals surface area contributed by atoms with Crippen LogP contribution in [-0.4, -0.2) is 75.0 Å². The minimum atomic E-state index is -2.83. The van der Waals surface area contributed by atoms with Gasteiger partial charge in [0, 0.05) is 24.7 Å². The minimum absolute atomic E-state index is 0.0809. The predicted octanol–water partition coefficient (Wildman–Crippen LogP) is -0.0815. The lowest BCUT2D eigenvalue weighted by Gasteiger charge is -2.47. The van der Waals surface area contributed by atoms with Gasteiger partial charge < -0.3 is 10.6 Å². The molecule has 2 heterocycles. The number of likely N-dealkylation sites (tertiary alicyclic amines) is 1. The van der Waals surface area contributed by atoms with E-state index in [1.807, 2.05) is 0 Å². The van der Waals surface area contributed by atoms with E-state index < -0.39 is 9.84 Å². The normalized spacial score (nSPS) is 30.8. The molecule has 2 rings (SSSR count). The average Bonchev–Trinajstić information content (AvgIpc) is 2.78. The molecule has 0 radical (unpaired) electrons. The molecule has 1 atom stereocenters. The third-order valence-corrected chi connectivity index (χ3v) is 6.35. The van der Waals surface area contributed by atoms with Gasteiger partial charge in [-0.2, -0.15) is 0 Å². The molecule has 0 aromatic heterocycles. The third-order valence-electron chi connectivity index (χ3n) is 4.70. The standard InChI is InChI=1S/C13H27N3O2S/c1-15(2)10-12-4-3-7-16(12)13(11-14)5-8-19(17,18)9-6-13/h12H,3-11,14H2,1-2H3. The summed E-state index contributed by atoms with van der Waals surface area (Å²) in [5.41, 5.74) is 5.97. The lowest BCUT2D eigenvalue weighted by Crippen LogP contribution is -2.60. The SMILES string of the molecule is CN(C)CC1CCCN1C1(CN)CCS(=O)(=O)CC1. The molecule has 112 valence electrons. The fraction of sp³-hybridized carbons (Fsp3) is 1.00. The molecular formula is C13H27N3O2S. The van der Waals surface area contributed by atoms with Crippen LogP contribution in [0.15, 0.2) is 0 Å². The molecule has 2 fully saturated rings. The smallest absolute Gasteiger partial charge is 0.150 e. The number of sulfone groups is 1. The summed E-state index contributed by atoms with van der Waals surface area (Å²) in [5, 5.41) is 0. The van der Waals surface area contributed by atoms with Crippen LogP contribution in [0.25, 0.3) is 0 Å². The number of rotatable bonds is 4. The van der Waals surface area contributed by atoms with Gasteiger partial charge in [0.2, 0.25) is 0 Å². The Morgan fingerprint density at radius 2 is 1.95 bits per heavy atom. The molecule has 0 amide bonds. The molecule has 6 heteroatoms. The summed E-state index contributed by atoms with van der Waals surface area (Å²) in [7, 11) is 1.36. The summed E-state index contributed by atoms with van der Waals surface area (Å²) in [5.74, 6) is 0.602. The lowest BCUT2D eigenvalue weighted by atomic mass is 9.89. The highest BCUT2D eigenvalue weighted by atomic mass is 32.2. The molecule has 5 nitrogen and oxygen atoms in total. The fourth-order valence-electron chi connectivity index (χ4n) is 3.60. The van der Waals surface area contributed by atoms with Crippen LogP contribution in [0.4, 0.5) is 0 Å². The molecule has 19 heavy (non-hydrogen) atoms. The Bertz CT molecular complexity index is 394. The minimum Gasteiger partial charge on any atom is -0.329 e. The van der Waals surface area contributed by atoms with Gasteiger partial charge >= 0.3 is 0 Å². The third kappa shape index (κ3) is 3.29. The Balaban J connectivity index is 2.12. The zero-order valence-electron chi connectivity index (χ0n) is 12.1. The molecule has 0 spiro atoms. The summed E-state index contributed by atoms with van der Waals surface area (Å²) >= 11 is 0. The lowest BCUT2D eigenvalue weighted by molar-refractivity contribution is 0.0587. The van der Waals surface area contributed by atoms with E-state index >= 15 is 0 Å². The van der Waals surface area contributed by atoms with Gasteiger partial charge in [0.15, 0.2) is 0 Å². The van der Waals surface area contributed by atoms with Crippen molar-refractivity contribution in [2.24, 2.45) is 5.73 Å². The molecule has 0 aromatic carbocycles. The first-order chi connectivity index (χ1) is 8.88.